The Morgan fingerprint density at radius 1 is 0.923 bits per heavy atom. The van der Waals surface area contributed by atoms with E-state index < -0.39 is 9.96 Å². The summed E-state index contributed by atoms with van der Waals surface area (Å²) in [6, 6.07) is 21.0. The van der Waals surface area contributed by atoms with Gasteiger partial charge in [0.15, 0.2) is 0 Å². The summed E-state index contributed by atoms with van der Waals surface area (Å²) in [4.78, 5) is 12.6. The molecule has 0 aliphatic rings. The molecule has 0 aliphatic carbocycles. The Bertz CT molecular complexity index is 937. The van der Waals surface area contributed by atoms with Crippen molar-refractivity contribution in [1.82, 2.24) is 5.32 Å². The molecule has 6 heteroatoms. The lowest BCUT2D eigenvalue weighted by Crippen LogP contribution is -2.49. The summed E-state index contributed by atoms with van der Waals surface area (Å²) < 4.78 is -1.73. The highest BCUT2D eigenvalue weighted by Crippen LogP contribution is 2.32. The minimum absolute atomic E-state index is 0.312. The molecule has 0 spiro atoms. The quantitative estimate of drug-likeness (QED) is 0.431. The zero-order valence-electron chi connectivity index (χ0n) is 14.0. The predicted molar refractivity (Wildman–Crippen MR) is 110 cm³/mol. The molecule has 0 aliphatic heterocycles. The molecule has 0 unspecified atom stereocenters. The maximum absolute atomic E-state index is 12.6. The second-order valence-electron chi connectivity index (χ2n) is 5.97. The zero-order chi connectivity index (χ0) is 18.7. The third kappa shape index (κ3) is 4.42. The second kappa shape index (κ2) is 7.75. The number of carbonyl (C=O) groups is 1. The number of nitrogens with one attached hydrogen (secondary N) is 2. The lowest BCUT2D eigenvalue weighted by molar-refractivity contribution is 0.0941. The molecule has 0 fully saturated rings. The Balaban J connectivity index is 1.84. The van der Waals surface area contributed by atoms with Crippen LogP contribution in [0.5, 0.6) is 0 Å². The topological polar surface area (TPSA) is 41.1 Å². The van der Waals surface area contributed by atoms with Crippen molar-refractivity contribution >= 4 is 57.2 Å². The Labute approximate surface area is 167 Å². The number of carbonyl (C=O) groups excluding carboxylic acids is 1. The van der Waals surface area contributed by atoms with Gasteiger partial charge in [-0.05, 0) is 41.5 Å². The van der Waals surface area contributed by atoms with E-state index in [1.54, 1.807) is 12.1 Å². The molecule has 0 saturated heterocycles. The minimum atomic E-state index is -1.73. The zero-order valence-corrected chi connectivity index (χ0v) is 16.2. The molecule has 1 amide bonds. The number of rotatable bonds is 4. The van der Waals surface area contributed by atoms with Crippen LogP contribution in [-0.2, 0) is 0 Å². The van der Waals surface area contributed by atoms with Crippen LogP contribution in [0.4, 0.5) is 5.69 Å². The van der Waals surface area contributed by atoms with Gasteiger partial charge in [0, 0.05) is 11.3 Å². The van der Waals surface area contributed by atoms with Crippen LogP contribution in [0, 0.1) is 6.92 Å². The molecule has 0 saturated carbocycles. The standard InChI is InChI=1S/C20H17Cl3N2O/c1-13-6-2-5-9-17(13)18(26)25-19(20(21,22)23)24-16-11-10-14-7-3-4-8-15(14)12-16/h2-12,19,24H,1H3,(H,25,26)/t19-/m0/s1. The molecule has 3 rings (SSSR count). The van der Waals surface area contributed by atoms with Crippen LogP contribution in [0.2, 0.25) is 0 Å². The minimum Gasteiger partial charge on any atom is -0.362 e. The summed E-state index contributed by atoms with van der Waals surface area (Å²) in [6.07, 6.45) is -0.902. The van der Waals surface area contributed by atoms with Gasteiger partial charge in [0.05, 0.1) is 0 Å². The highest BCUT2D eigenvalue weighted by molar-refractivity contribution is 6.68. The van der Waals surface area contributed by atoms with Gasteiger partial charge in [-0.3, -0.25) is 4.79 Å². The third-order valence-electron chi connectivity index (χ3n) is 4.05. The van der Waals surface area contributed by atoms with Crippen LogP contribution >= 0.6 is 34.8 Å². The van der Waals surface area contributed by atoms with Crippen molar-refractivity contribution in [2.24, 2.45) is 0 Å². The fraction of sp³-hybridized carbons (Fsp3) is 0.150. The van der Waals surface area contributed by atoms with Crippen LogP contribution in [-0.4, -0.2) is 15.9 Å². The molecule has 0 radical (unpaired) electrons. The molecular weight excluding hydrogens is 391 g/mol. The first-order valence-electron chi connectivity index (χ1n) is 8.03. The number of aryl methyl sites for hydroxylation is 1. The van der Waals surface area contributed by atoms with E-state index in [2.05, 4.69) is 10.6 Å². The number of hydrogen-bond acceptors (Lipinski definition) is 2. The lowest BCUT2D eigenvalue weighted by Gasteiger charge is -2.27. The first-order chi connectivity index (χ1) is 12.3. The average Bonchev–Trinajstić information content (AvgIpc) is 2.60. The van der Waals surface area contributed by atoms with Crippen LogP contribution in [0.1, 0.15) is 15.9 Å². The molecule has 0 aromatic heterocycles. The van der Waals surface area contributed by atoms with Crippen LogP contribution < -0.4 is 10.6 Å². The maximum Gasteiger partial charge on any atom is 0.253 e. The second-order valence-corrected chi connectivity index (χ2v) is 8.34. The summed E-state index contributed by atoms with van der Waals surface area (Å²) in [5.41, 5.74) is 2.12. The van der Waals surface area contributed by atoms with E-state index in [0.717, 1.165) is 22.0 Å². The van der Waals surface area contributed by atoms with Crippen molar-refractivity contribution in [1.29, 1.82) is 0 Å². The normalized spacial score (nSPS) is 12.6. The first kappa shape index (κ1) is 18.8. The van der Waals surface area contributed by atoms with Crippen molar-refractivity contribution in [3.63, 3.8) is 0 Å². The third-order valence-corrected chi connectivity index (χ3v) is 4.71. The van der Waals surface area contributed by atoms with Gasteiger partial charge in [-0.25, -0.2) is 0 Å². The highest BCUT2D eigenvalue weighted by Gasteiger charge is 2.34. The molecule has 3 aromatic rings. The Kier molecular flexibility index (Phi) is 5.61. The van der Waals surface area contributed by atoms with Crippen molar-refractivity contribution in [3.05, 3.63) is 77.9 Å². The SMILES string of the molecule is Cc1ccccc1C(=O)N[C@H](Nc1ccc2ccccc2c1)C(Cl)(Cl)Cl. The number of benzene rings is 3. The molecule has 3 nitrogen and oxygen atoms in total. The molecule has 0 bridgehead atoms. The predicted octanol–water partition coefficient (Wildman–Crippen LogP) is 5.69. The van der Waals surface area contributed by atoms with Gasteiger partial charge >= 0.3 is 0 Å². The highest BCUT2D eigenvalue weighted by atomic mass is 35.6. The summed E-state index contributed by atoms with van der Waals surface area (Å²) >= 11 is 18.3. The maximum atomic E-state index is 12.6. The van der Waals surface area contributed by atoms with E-state index in [-0.39, 0.29) is 5.91 Å². The van der Waals surface area contributed by atoms with Crippen LogP contribution in [0.3, 0.4) is 0 Å². The summed E-state index contributed by atoms with van der Waals surface area (Å²) in [5.74, 6) is -0.312. The van der Waals surface area contributed by atoms with Gasteiger partial charge in [0.1, 0.15) is 6.17 Å². The Hall–Kier alpha value is -1.94. The molecule has 0 heterocycles. The molecular formula is C20H17Cl3N2O. The van der Waals surface area contributed by atoms with Gasteiger partial charge in [-0.2, -0.15) is 0 Å². The van der Waals surface area contributed by atoms with E-state index in [1.807, 2.05) is 61.5 Å². The van der Waals surface area contributed by atoms with Crippen LogP contribution in [0.15, 0.2) is 66.7 Å². The number of amides is 1. The molecule has 2 N–H and O–H groups in total. The van der Waals surface area contributed by atoms with Gasteiger partial charge in [0.25, 0.3) is 5.91 Å². The van der Waals surface area contributed by atoms with Crippen molar-refractivity contribution in [3.8, 4) is 0 Å². The number of fused-ring (bicyclic) bond motifs is 1. The van der Waals surface area contributed by atoms with E-state index >= 15 is 0 Å². The molecule has 26 heavy (non-hydrogen) atoms. The molecule has 3 aromatic carbocycles. The fourth-order valence-corrected chi connectivity index (χ4v) is 3.01. The number of anilines is 1. The van der Waals surface area contributed by atoms with E-state index in [1.165, 1.54) is 0 Å². The number of halogens is 3. The monoisotopic (exact) mass is 406 g/mol. The van der Waals surface area contributed by atoms with E-state index in [4.69, 9.17) is 34.8 Å². The summed E-state index contributed by atoms with van der Waals surface area (Å²) in [6.45, 7) is 1.86. The Morgan fingerprint density at radius 3 is 2.27 bits per heavy atom. The van der Waals surface area contributed by atoms with Gasteiger partial charge < -0.3 is 10.6 Å². The largest absolute Gasteiger partial charge is 0.362 e. The first-order valence-corrected chi connectivity index (χ1v) is 9.16. The smallest absolute Gasteiger partial charge is 0.253 e. The van der Waals surface area contributed by atoms with Gasteiger partial charge in [-0.1, -0.05) is 83.3 Å². The summed E-state index contributed by atoms with van der Waals surface area (Å²) in [5, 5.41) is 8.02. The van der Waals surface area contributed by atoms with Crippen molar-refractivity contribution < 1.29 is 4.79 Å². The average molecular weight is 408 g/mol. The lowest BCUT2D eigenvalue weighted by atomic mass is 10.1. The van der Waals surface area contributed by atoms with Crippen molar-refractivity contribution in [2.75, 3.05) is 5.32 Å². The number of hydrogen-bond donors (Lipinski definition) is 2. The van der Waals surface area contributed by atoms with Crippen molar-refractivity contribution in [2.45, 2.75) is 16.9 Å². The van der Waals surface area contributed by atoms with E-state index in [9.17, 15) is 4.79 Å². The number of alkyl halides is 3. The van der Waals surface area contributed by atoms with Gasteiger partial charge in [0.2, 0.25) is 3.79 Å². The molecule has 134 valence electrons. The van der Waals surface area contributed by atoms with Gasteiger partial charge in [-0.15, -0.1) is 0 Å². The molecule has 1 atom stereocenters. The Morgan fingerprint density at radius 2 is 1.58 bits per heavy atom. The van der Waals surface area contributed by atoms with E-state index in [0.29, 0.717) is 5.56 Å². The van der Waals surface area contributed by atoms with Crippen LogP contribution in [0.25, 0.3) is 10.8 Å². The fourth-order valence-electron chi connectivity index (χ4n) is 2.68. The summed E-state index contributed by atoms with van der Waals surface area (Å²) in [7, 11) is 0.